The Balaban J connectivity index is 2.09. The molecule has 0 saturated carbocycles. The third-order valence-corrected chi connectivity index (χ3v) is 3.04. The lowest BCUT2D eigenvalue weighted by Crippen LogP contribution is -2.25. The Morgan fingerprint density at radius 2 is 1.95 bits per heavy atom. The zero-order valence-corrected chi connectivity index (χ0v) is 11.8. The molecule has 22 heavy (non-hydrogen) atoms. The van der Waals surface area contributed by atoms with Crippen molar-refractivity contribution in [1.29, 1.82) is 0 Å². The van der Waals surface area contributed by atoms with Gasteiger partial charge in [-0.2, -0.15) is 13.2 Å². The average molecular weight is 309 g/mol. The number of furan rings is 1. The minimum absolute atomic E-state index is 0.0530. The predicted octanol–water partition coefficient (Wildman–Crippen LogP) is 3.97. The first kappa shape index (κ1) is 15.9. The molecule has 1 aromatic heterocycles. The second kappa shape index (κ2) is 6.51. The van der Waals surface area contributed by atoms with Crippen LogP contribution in [0.15, 0.2) is 53.2 Å². The molecule has 1 heterocycles. The highest BCUT2D eigenvalue weighted by Crippen LogP contribution is 2.32. The predicted molar refractivity (Wildman–Crippen MR) is 75.7 cm³/mol. The molecule has 0 aliphatic heterocycles. The molecule has 0 saturated heterocycles. The summed E-state index contributed by atoms with van der Waals surface area (Å²) in [4.78, 5) is 13.1. The normalized spacial score (nSPS) is 11.8. The van der Waals surface area contributed by atoms with Crippen molar-refractivity contribution in [2.75, 3.05) is 7.05 Å². The van der Waals surface area contributed by atoms with Gasteiger partial charge in [-0.25, -0.2) is 0 Å². The first-order valence-corrected chi connectivity index (χ1v) is 6.49. The Morgan fingerprint density at radius 3 is 2.59 bits per heavy atom. The zero-order valence-electron chi connectivity index (χ0n) is 11.8. The number of amides is 1. The Labute approximate surface area is 125 Å². The maximum Gasteiger partial charge on any atom is 0.416 e. The average Bonchev–Trinajstić information content (AvgIpc) is 2.97. The fourth-order valence-corrected chi connectivity index (χ4v) is 1.93. The van der Waals surface area contributed by atoms with Crippen molar-refractivity contribution in [2.24, 2.45) is 0 Å². The van der Waals surface area contributed by atoms with Crippen LogP contribution in [0.2, 0.25) is 0 Å². The number of carbonyl (C=O) groups excluding carboxylic acids is 1. The Morgan fingerprint density at radius 1 is 1.23 bits per heavy atom. The monoisotopic (exact) mass is 309 g/mol. The third kappa shape index (κ3) is 4.00. The van der Waals surface area contributed by atoms with Crippen LogP contribution in [-0.2, 0) is 17.5 Å². The summed E-state index contributed by atoms with van der Waals surface area (Å²) < 4.78 is 43.8. The van der Waals surface area contributed by atoms with E-state index >= 15 is 0 Å². The fourth-order valence-electron chi connectivity index (χ4n) is 1.93. The van der Waals surface area contributed by atoms with Gasteiger partial charge < -0.3 is 9.32 Å². The third-order valence-electron chi connectivity index (χ3n) is 3.04. The van der Waals surface area contributed by atoms with Crippen LogP contribution in [0.25, 0.3) is 6.08 Å². The Hall–Kier alpha value is -2.50. The highest BCUT2D eigenvalue weighted by molar-refractivity contribution is 5.91. The van der Waals surface area contributed by atoms with Crippen LogP contribution in [0.1, 0.15) is 16.9 Å². The molecule has 0 unspecified atom stereocenters. The molecule has 0 atom stereocenters. The topological polar surface area (TPSA) is 33.5 Å². The summed E-state index contributed by atoms with van der Waals surface area (Å²) in [5, 5.41) is 0. The van der Waals surface area contributed by atoms with E-state index < -0.39 is 17.6 Å². The van der Waals surface area contributed by atoms with Gasteiger partial charge in [-0.3, -0.25) is 4.79 Å². The quantitative estimate of drug-likeness (QED) is 0.801. The van der Waals surface area contributed by atoms with Crippen molar-refractivity contribution in [2.45, 2.75) is 12.7 Å². The van der Waals surface area contributed by atoms with Crippen LogP contribution < -0.4 is 0 Å². The molecule has 0 fully saturated rings. The molecule has 2 aromatic rings. The first-order valence-electron chi connectivity index (χ1n) is 6.49. The lowest BCUT2D eigenvalue weighted by Gasteiger charge is -2.18. The molecule has 0 aliphatic rings. The molecule has 2 rings (SSSR count). The van der Waals surface area contributed by atoms with Gasteiger partial charge in [0.25, 0.3) is 0 Å². The van der Waals surface area contributed by atoms with Gasteiger partial charge >= 0.3 is 6.18 Å². The molecule has 0 aliphatic carbocycles. The number of hydrogen-bond acceptors (Lipinski definition) is 2. The number of likely N-dealkylation sites (N-methyl/N-ethyl adjacent to an activating group) is 1. The molecule has 3 nitrogen and oxygen atoms in total. The maximum atomic E-state index is 12.9. The van der Waals surface area contributed by atoms with E-state index in [0.29, 0.717) is 5.76 Å². The van der Waals surface area contributed by atoms with Crippen LogP contribution >= 0.6 is 0 Å². The van der Waals surface area contributed by atoms with Crippen molar-refractivity contribution in [3.63, 3.8) is 0 Å². The van der Waals surface area contributed by atoms with E-state index in [4.69, 9.17) is 4.42 Å². The van der Waals surface area contributed by atoms with E-state index in [-0.39, 0.29) is 12.1 Å². The van der Waals surface area contributed by atoms with Gasteiger partial charge in [0.1, 0.15) is 5.76 Å². The molecule has 6 heteroatoms. The molecule has 1 amide bonds. The maximum absolute atomic E-state index is 12.9. The number of carbonyl (C=O) groups is 1. The van der Waals surface area contributed by atoms with Gasteiger partial charge in [0.15, 0.2) is 0 Å². The molecule has 0 radical (unpaired) electrons. The Bertz CT molecular complexity index is 660. The second-order valence-electron chi connectivity index (χ2n) is 4.70. The van der Waals surface area contributed by atoms with Gasteiger partial charge in [-0.05, 0) is 29.8 Å². The van der Waals surface area contributed by atoms with Crippen molar-refractivity contribution in [3.8, 4) is 0 Å². The smallest absolute Gasteiger partial charge is 0.416 e. The SMILES string of the molecule is CN(Cc1ccccc1C(F)(F)F)C(=O)/C=C/c1ccco1. The fraction of sp³-hybridized carbons (Fsp3) is 0.188. The van der Waals surface area contributed by atoms with Gasteiger partial charge in [0.2, 0.25) is 5.91 Å². The van der Waals surface area contributed by atoms with Crippen LogP contribution in [0.3, 0.4) is 0 Å². The van der Waals surface area contributed by atoms with Gasteiger partial charge in [0.05, 0.1) is 11.8 Å². The molecule has 1 aromatic carbocycles. The number of hydrogen-bond donors (Lipinski definition) is 0. The highest BCUT2D eigenvalue weighted by atomic mass is 19.4. The lowest BCUT2D eigenvalue weighted by atomic mass is 10.1. The number of rotatable bonds is 4. The van der Waals surface area contributed by atoms with Crippen molar-refractivity contribution in [1.82, 2.24) is 4.90 Å². The summed E-state index contributed by atoms with van der Waals surface area (Å²) in [6, 6.07) is 8.55. The molecular weight excluding hydrogens is 295 g/mol. The first-order chi connectivity index (χ1) is 10.4. The molecule has 116 valence electrons. The van der Waals surface area contributed by atoms with E-state index in [1.807, 2.05) is 0 Å². The Kier molecular flexibility index (Phi) is 4.70. The number of halogens is 3. The van der Waals surface area contributed by atoms with Gasteiger partial charge in [0, 0.05) is 19.7 Å². The summed E-state index contributed by atoms with van der Waals surface area (Å²) >= 11 is 0. The van der Waals surface area contributed by atoms with Crippen molar-refractivity contribution < 1.29 is 22.4 Å². The van der Waals surface area contributed by atoms with E-state index in [2.05, 4.69) is 0 Å². The van der Waals surface area contributed by atoms with Crippen LogP contribution in [0.5, 0.6) is 0 Å². The number of nitrogens with zero attached hydrogens (tertiary/aromatic N) is 1. The summed E-state index contributed by atoms with van der Waals surface area (Å²) in [7, 11) is 1.45. The molecule has 0 spiro atoms. The minimum Gasteiger partial charge on any atom is -0.465 e. The van der Waals surface area contributed by atoms with Gasteiger partial charge in [-0.15, -0.1) is 0 Å². The van der Waals surface area contributed by atoms with E-state index in [9.17, 15) is 18.0 Å². The standard InChI is InChI=1S/C16H14F3NO2/c1-20(15(21)9-8-13-6-4-10-22-13)11-12-5-2-3-7-14(12)16(17,18)19/h2-10H,11H2,1H3/b9-8+. The zero-order chi connectivity index (χ0) is 16.2. The van der Waals surface area contributed by atoms with E-state index in [0.717, 1.165) is 6.07 Å². The largest absolute Gasteiger partial charge is 0.465 e. The molecular formula is C16H14F3NO2. The molecule has 0 N–H and O–H groups in total. The van der Waals surface area contributed by atoms with Crippen molar-refractivity contribution in [3.05, 3.63) is 65.6 Å². The van der Waals surface area contributed by atoms with Gasteiger partial charge in [-0.1, -0.05) is 18.2 Å². The minimum atomic E-state index is -4.44. The summed E-state index contributed by atoms with van der Waals surface area (Å²) in [5.41, 5.74) is -0.679. The van der Waals surface area contributed by atoms with Crippen LogP contribution in [-0.4, -0.2) is 17.9 Å². The van der Waals surface area contributed by atoms with Crippen LogP contribution in [0, 0.1) is 0 Å². The lowest BCUT2D eigenvalue weighted by molar-refractivity contribution is -0.139. The molecule has 0 bridgehead atoms. The van der Waals surface area contributed by atoms with Crippen LogP contribution in [0.4, 0.5) is 13.2 Å². The van der Waals surface area contributed by atoms with Crippen molar-refractivity contribution >= 4 is 12.0 Å². The summed E-state index contributed by atoms with van der Waals surface area (Å²) in [6.45, 7) is -0.128. The number of alkyl halides is 3. The van der Waals surface area contributed by atoms with E-state index in [1.54, 1.807) is 12.1 Å². The second-order valence-corrected chi connectivity index (χ2v) is 4.70. The summed E-state index contributed by atoms with van der Waals surface area (Å²) in [6.07, 6.45) is -0.249. The highest BCUT2D eigenvalue weighted by Gasteiger charge is 2.33. The summed E-state index contributed by atoms with van der Waals surface area (Å²) in [5.74, 6) is 0.0887. The number of benzene rings is 1. The van der Waals surface area contributed by atoms with E-state index in [1.165, 1.54) is 48.6 Å².